The summed E-state index contributed by atoms with van der Waals surface area (Å²) in [5.74, 6) is 1.63. The van der Waals surface area contributed by atoms with Crippen molar-refractivity contribution in [2.45, 2.75) is 26.9 Å². The summed E-state index contributed by atoms with van der Waals surface area (Å²) in [6, 6.07) is 0. The molecular weight excluding hydrogens is 359 g/mol. The third-order valence-corrected chi connectivity index (χ3v) is 2.42. The van der Waals surface area contributed by atoms with Crippen LogP contribution in [0.4, 0.5) is 0 Å². The first-order valence-electron chi connectivity index (χ1n) is 6.20. The molecule has 0 saturated carbocycles. The fraction of sp³-hybridized carbons (Fsp3) is 0.727. The normalized spacial score (nSPS) is 11.0. The van der Waals surface area contributed by atoms with Gasteiger partial charge < -0.3 is 19.9 Å². The number of guanidine groups is 1. The number of halogens is 1. The molecule has 1 aromatic rings. The van der Waals surface area contributed by atoms with Crippen LogP contribution in [0.3, 0.4) is 0 Å². The SMILES string of the molecule is CCOCCNC(=NC)NCc1nncn1CC.I. The van der Waals surface area contributed by atoms with E-state index in [-0.39, 0.29) is 24.0 Å². The van der Waals surface area contributed by atoms with Gasteiger partial charge in [0.05, 0.1) is 13.2 Å². The zero-order chi connectivity index (χ0) is 13.2. The van der Waals surface area contributed by atoms with Crippen LogP contribution < -0.4 is 10.6 Å². The third kappa shape index (κ3) is 6.71. The van der Waals surface area contributed by atoms with Gasteiger partial charge in [-0.05, 0) is 13.8 Å². The minimum Gasteiger partial charge on any atom is -0.380 e. The summed E-state index contributed by atoms with van der Waals surface area (Å²) < 4.78 is 7.23. The van der Waals surface area contributed by atoms with Crippen molar-refractivity contribution in [3.8, 4) is 0 Å². The maximum atomic E-state index is 5.24. The van der Waals surface area contributed by atoms with Gasteiger partial charge in [-0.3, -0.25) is 4.99 Å². The molecule has 0 fully saturated rings. The molecule has 1 heterocycles. The van der Waals surface area contributed by atoms with E-state index in [1.54, 1.807) is 13.4 Å². The van der Waals surface area contributed by atoms with Crippen molar-refractivity contribution in [2.75, 3.05) is 26.8 Å². The zero-order valence-corrected chi connectivity index (χ0v) is 14.0. The number of aromatic nitrogens is 3. The van der Waals surface area contributed by atoms with Crippen LogP contribution in [-0.4, -0.2) is 47.5 Å². The molecule has 0 aliphatic rings. The van der Waals surface area contributed by atoms with Crippen LogP contribution in [0.1, 0.15) is 19.7 Å². The Morgan fingerprint density at radius 3 is 2.84 bits per heavy atom. The molecule has 8 heteroatoms. The van der Waals surface area contributed by atoms with Crippen molar-refractivity contribution in [3.63, 3.8) is 0 Å². The Morgan fingerprint density at radius 2 is 2.21 bits per heavy atom. The van der Waals surface area contributed by atoms with E-state index in [0.29, 0.717) is 13.2 Å². The highest BCUT2D eigenvalue weighted by Crippen LogP contribution is 1.93. The number of ether oxygens (including phenoxy) is 1. The van der Waals surface area contributed by atoms with E-state index in [4.69, 9.17) is 4.74 Å². The van der Waals surface area contributed by atoms with E-state index >= 15 is 0 Å². The zero-order valence-electron chi connectivity index (χ0n) is 11.7. The van der Waals surface area contributed by atoms with E-state index in [2.05, 4.69) is 32.7 Å². The molecule has 1 rings (SSSR count). The molecule has 0 saturated heterocycles. The number of nitrogens with one attached hydrogen (secondary N) is 2. The lowest BCUT2D eigenvalue weighted by molar-refractivity contribution is 0.152. The average Bonchev–Trinajstić information content (AvgIpc) is 2.85. The van der Waals surface area contributed by atoms with Crippen molar-refractivity contribution in [1.82, 2.24) is 25.4 Å². The van der Waals surface area contributed by atoms with Gasteiger partial charge in [0.25, 0.3) is 0 Å². The molecule has 0 amide bonds. The summed E-state index contributed by atoms with van der Waals surface area (Å²) in [5, 5.41) is 14.3. The van der Waals surface area contributed by atoms with Crippen molar-refractivity contribution in [2.24, 2.45) is 4.99 Å². The molecular formula is C11H23IN6O. The van der Waals surface area contributed by atoms with Gasteiger partial charge in [-0.2, -0.15) is 0 Å². The van der Waals surface area contributed by atoms with Gasteiger partial charge in [0.2, 0.25) is 0 Å². The molecule has 0 radical (unpaired) electrons. The number of rotatable bonds is 7. The molecule has 0 spiro atoms. The predicted octanol–water partition coefficient (Wildman–Crippen LogP) is 0.617. The van der Waals surface area contributed by atoms with Crippen molar-refractivity contribution >= 4 is 29.9 Å². The molecule has 19 heavy (non-hydrogen) atoms. The highest BCUT2D eigenvalue weighted by Gasteiger charge is 2.03. The number of nitrogens with zero attached hydrogens (tertiary/aromatic N) is 4. The fourth-order valence-electron chi connectivity index (χ4n) is 1.45. The Balaban J connectivity index is 0.00000324. The smallest absolute Gasteiger partial charge is 0.191 e. The molecule has 0 atom stereocenters. The second kappa shape index (κ2) is 11.0. The Kier molecular flexibility index (Phi) is 10.5. The number of hydrogen-bond donors (Lipinski definition) is 2. The van der Waals surface area contributed by atoms with Gasteiger partial charge in [0, 0.05) is 26.7 Å². The van der Waals surface area contributed by atoms with Crippen LogP contribution in [0, 0.1) is 0 Å². The van der Waals surface area contributed by atoms with Crippen LogP contribution >= 0.6 is 24.0 Å². The maximum absolute atomic E-state index is 5.24. The molecule has 0 unspecified atom stereocenters. The van der Waals surface area contributed by atoms with E-state index in [1.807, 2.05) is 11.5 Å². The maximum Gasteiger partial charge on any atom is 0.191 e. The lowest BCUT2D eigenvalue weighted by Crippen LogP contribution is -2.39. The van der Waals surface area contributed by atoms with Crippen molar-refractivity contribution < 1.29 is 4.74 Å². The van der Waals surface area contributed by atoms with Crippen LogP contribution in [-0.2, 0) is 17.8 Å². The topological polar surface area (TPSA) is 76.4 Å². The van der Waals surface area contributed by atoms with E-state index in [0.717, 1.165) is 31.5 Å². The molecule has 0 aliphatic heterocycles. The van der Waals surface area contributed by atoms with Gasteiger partial charge in [-0.15, -0.1) is 34.2 Å². The third-order valence-electron chi connectivity index (χ3n) is 2.42. The van der Waals surface area contributed by atoms with Crippen LogP contribution in [0.15, 0.2) is 11.3 Å². The largest absolute Gasteiger partial charge is 0.380 e. The summed E-state index contributed by atoms with van der Waals surface area (Å²) >= 11 is 0. The van der Waals surface area contributed by atoms with Gasteiger partial charge >= 0.3 is 0 Å². The monoisotopic (exact) mass is 382 g/mol. The van der Waals surface area contributed by atoms with E-state index in [1.165, 1.54) is 0 Å². The summed E-state index contributed by atoms with van der Waals surface area (Å²) in [7, 11) is 1.74. The highest BCUT2D eigenvalue weighted by molar-refractivity contribution is 14.0. The van der Waals surface area contributed by atoms with Crippen LogP contribution in [0.2, 0.25) is 0 Å². The summed E-state index contributed by atoms with van der Waals surface area (Å²) in [4.78, 5) is 4.12. The summed E-state index contributed by atoms with van der Waals surface area (Å²) in [5.41, 5.74) is 0. The standard InChI is InChI=1S/C11H22N6O.HI/c1-4-17-9-15-16-10(17)8-14-11(12-3)13-6-7-18-5-2;/h9H,4-8H2,1-3H3,(H2,12,13,14);1H. The van der Waals surface area contributed by atoms with Gasteiger partial charge in [-0.25, -0.2) is 0 Å². The molecule has 110 valence electrons. The van der Waals surface area contributed by atoms with E-state index in [9.17, 15) is 0 Å². The Morgan fingerprint density at radius 1 is 1.42 bits per heavy atom. The minimum absolute atomic E-state index is 0. The van der Waals surface area contributed by atoms with Gasteiger partial charge in [0.15, 0.2) is 11.8 Å². The number of hydrogen-bond acceptors (Lipinski definition) is 4. The van der Waals surface area contributed by atoms with Crippen LogP contribution in [0.5, 0.6) is 0 Å². The average molecular weight is 382 g/mol. The van der Waals surface area contributed by atoms with E-state index < -0.39 is 0 Å². The lowest BCUT2D eigenvalue weighted by Gasteiger charge is -2.11. The molecule has 2 N–H and O–H groups in total. The first-order valence-corrected chi connectivity index (χ1v) is 6.20. The Labute approximate surface area is 131 Å². The van der Waals surface area contributed by atoms with Crippen molar-refractivity contribution in [3.05, 3.63) is 12.2 Å². The molecule has 0 aromatic carbocycles. The lowest BCUT2D eigenvalue weighted by atomic mass is 10.5. The predicted molar refractivity (Wildman–Crippen MR) is 85.8 cm³/mol. The molecule has 0 bridgehead atoms. The second-order valence-electron chi connectivity index (χ2n) is 3.58. The minimum atomic E-state index is 0. The first kappa shape index (κ1) is 18.1. The first-order chi connectivity index (χ1) is 8.81. The van der Waals surface area contributed by atoms with Crippen LogP contribution in [0.25, 0.3) is 0 Å². The molecule has 1 aromatic heterocycles. The number of aliphatic imine (C=N–C) groups is 1. The highest BCUT2D eigenvalue weighted by atomic mass is 127. The number of aryl methyl sites for hydroxylation is 1. The fourth-order valence-corrected chi connectivity index (χ4v) is 1.45. The van der Waals surface area contributed by atoms with Gasteiger partial charge in [-0.1, -0.05) is 0 Å². The Hall–Kier alpha value is -0.900. The molecule has 0 aliphatic carbocycles. The van der Waals surface area contributed by atoms with Crippen molar-refractivity contribution in [1.29, 1.82) is 0 Å². The molecule has 7 nitrogen and oxygen atoms in total. The Bertz CT molecular complexity index is 368. The summed E-state index contributed by atoms with van der Waals surface area (Å²) in [6.07, 6.45) is 1.72. The second-order valence-corrected chi connectivity index (χ2v) is 3.58. The van der Waals surface area contributed by atoms with Gasteiger partial charge in [0.1, 0.15) is 6.33 Å². The quantitative estimate of drug-likeness (QED) is 0.313. The summed E-state index contributed by atoms with van der Waals surface area (Å²) in [6.45, 7) is 7.62.